The highest BCUT2D eigenvalue weighted by Gasteiger charge is 2.19. The van der Waals surface area contributed by atoms with Crippen LogP contribution in [0, 0.1) is 10.1 Å². The fourth-order valence-corrected chi connectivity index (χ4v) is 2.24. The van der Waals surface area contributed by atoms with Crippen molar-refractivity contribution in [3.8, 4) is 16.9 Å². The van der Waals surface area contributed by atoms with Gasteiger partial charge in [-0.1, -0.05) is 43.1 Å². The summed E-state index contributed by atoms with van der Waals surface area (Å²) in [7, 11) is 0. The molecule has 0 amide bonds. The fraction of sp³-hybridized carbons (Fsp3) is 0.250. The van der Waals surface area contributed by atoms with Crippen LogP contribution in [0.4, 0.5) is 5.69 Å². The van der Waals surface area contributed by atoms with E-state index in [0.717, 1.165) is 24.2 Å². The maximum absolute atomic E-state index is 11.2. The monoisotopic (exact) mass is 305 g/mol. The number of nitrogens with zero attached hydrogens (tertiary/aromatic N) is 1. The zero-order chi connectivity index (χ0) is 15.2. The second-order valence-electron chi connectivity index (χ2n) is 4.62. The van der Waals surface area contributed by atoms with Crippen molar-refractivity contribution in [1.29, 1.82) is 0 Å². The van der Waals surface area contributed by atoms with E-state index in [2.05, 4.69) is 6.92 Å². The molecule has 0 saturated carbocycles. The van der Waals surface area contributed by atoms with Crippen LogP contribution in [-0.4, -0.2) is 11.5 Å². The van der Waals surface area contributed by atoms with Gasteiger partial charge in [0.15, 0.2) is 0 Å². The molecule has 0 N–H and O–H groups in total. The standard InChI is InChI=1S/C16H16ClNO3/c1-2-3-11-21-13-9-7-12(8-10-13)14-5-4-6-15(17)16(14)18(19)20/h4-10H,2-3,11H2,1H3. The molecule has 2 aromatic rings. The predicted molar refractivity (Wildman–Crippen MR) is 83.9 cm³/mol. The molecular weight excluding hydrogens is 290 g/mol. The van der Waals surface area contributed by atoms with Gasteiger partial charge in [-0.15, -0.1) is 0 Å². The number of unbranched alkanes of at least 4 members (excludes halogenated alkanes) is 1. The second kappa shape index (κ2) is 7.09. The zero-order valence-electron chi connectivity index (χ0n) is 11.7. The summed E-state index contributed by atoms with van der Waals surface area (Å²) in [5.74, 6) is 0.761. The summed E-state index contributed by atoms with van der Waals surface area (Å²) in [4.78, 5) is 10.7. The van der Waals surface area contributed by atoms with Crippen molar-refractivity contribution in [3.63, 3.8) is 0 Å². The molecule has 0 aliphatic rings. The number of ether oxygens (including phenoxy) is 1. The number of hydrogen-bond acceptors (Lipinski definition) is 3. The molecule has 2 aromatic carbocycles. The maximum atomic E-state index is 11.2. The highest BCUT2D eigenvalue weighted by molar-refractivity contribution is 6.33. The molecule has 4 nitrogen and oxygen atoms in total. The van der Waals surface area contributed by atoms with Gasteiger partial charge in [-0.2, -0.15) is 0 Å². The molecule has 2 rings (SSSR count). The van der Waals surface area contributed by atoms with E-state index in [4.69, 9.17) is 16.3 Å². The van der Waals surface area contributed by atoms with Gasteiger partial charge < -0.3 is 4.74 Å². The molecule has 0 atom stereocenters. The van der Waals surface area contributed by atoms with Gasteiger partial charge >= 0.3 is 0 Å². The second-order valence-corrected chi connectivity index (χ2v) is 5.03. The summed E-state index contributed by atoms with van der Waals surface area (Å²) in [6.07, 6.45) is 2.08. The van der Waals surface area contributed by atoms with Crippen LogP contribution in [0.5, 0.6) is 5.75 Å². The van der Waals surface area contributed by atoms with Crippen molar-refractivity contribution >= 4 is 17.3 Å². The summed E-state index contributed by atoms with van der Waals surface area (Å²) in [6, 6.07) is 12.2. The number of halogens is 1. The Morgan fingerprint density at radius 1 is 1.19 bits per heavy atom. The Morgan fingerprint density at radius 2 is 1.90 bits per heavy atom. The predicted octanol–water partition coefficient (Wildman–Crippen LogP) is 5.09. The Morgan fingerprint density at radius 3 is 2.52 bits per heavy atom. The summed E-state index contributed by atoms with van der Waals surface area (Å²) in [6.45, 7) is 2.78. The van der Waals surface area contributed by atoms with Crippen molar-refractivity contribution < 1.29 is 9.66 Å². The van der Waals surface area contributed by atoms with Crippen molar-refractivity contribution in [2.75, 3.05) is 6.61 Å². The van der Waals surface area contributed by atoms with Crippen molar-refractivity contribution in [2.45, 2.75) is 19.8 Å². The number of para-hydroxylation sites is 1. The number of benzene rings is 2. The molecular formula is C16H16ClNO3. The molecule has 0 spiro atoms. The Labute approximate surface area is 128 Å². The Hall–Kier alpha value is -2.07. The average Bonchev–Trinajstić information content (AvgIpc) is 2.47. The first-order valence-corrected chi connectivity index (χ1v) is 7.17. The molecule has 0 unspecified atom stereocenters. The molecule has 5 heteroatoms. The lowest BCUT2D eigenvalue weighted by atomic mass is 10.0. The summed E-state index contributed by atoms with van der Waals surface area (Å²) >= 11 is 5.92. The van der Waals surface area contributed by atoms with E-state index in [1.807, 2.05) is 12.1 Å². The van der Waals surface area contributed by atoms with E-state index < -0.39 is 4.92 Å². The van der Waals surface area contributed by atoms with Crippen LogP contribution in [0.15, 0.2) is 42.5 Å². The first-order chi connectivity index (χ1) is 10.1. The lowest BCUT2D eigenvalue weighted by molar-refractivity contribution is -0.384. The fourth-order valence-electron chi connectivity index (χ4n) is 2.00. The molecule has 0 aliphatic carbocycles. The molecule has 21 heavy (non-hydrogen) atoms. The third-order valence-electron chi connectivity index (χ3n) is 3.10. The summed E-state index contributed by atoms with van der Waals surface area (Å²) in [5.41, 5.74) is 1.18. The molecule has 0 aliphatic heterocycles. The number of nitro benzene ring substituents is 1. The Balaban J connectivity index is 2.27. The quantitative estimate of drug-likeness (QED) is 0.424. The molecule has 0 bridgehead atoms. The lowest BCUT2D eigenvalue weighted by Crippen LogP contribution is -1.96. The SMILES string of the molecule is CCCCOc1ccc(-c2cccc(Cl)c2[N+](=O)[O-])cc1. The van der Waals surface area contributed by atoms with Gasteiger partial charge in [0.05, 0.1) is 17.1 Å². The average molecular weight is 306 g/mol. The van der Waals surface area contributed by atoms with Gasteiger partial charge in [0.2, 0.25) is 0 Å². The largest absolute Gasteiger partial charge is 0.494 e. The number of nitro groups is 1. The minimum Gasteiger partial charge on any atom is -0.494 e. The Bertz CT molecular complexity index is 626. The molecule has 0 heterocycles. The van der Waals surface area contributed by atoms with Gasteiger partial charge in [-0.3, -0.25) is 10.1 Å². The summed E-state index contributed by atoms with van der Waals surface area (Å²) < 4.78 is 5.58. The lowest BCUT2D eigenvalue weighted by Gasteiger charge is -2.07. The molecule has 0 aromatic heterocycles. The van der Waals surface area contributed by atoms with Gasteiger partial charge in [-0.05, 0) is 36.2 Å². The Kier molecular flexibility index (Phi) is 5.17. The minimum atomic E-state index is -0.455. The van der Waals surface area contributed by atoms with Crippen LogP contribution in [-0.2, 0) is 0 Å². The van der Waals surface area contributed by atoms with Crippen LogP contribution in [0.3, 0.4) is 0 Å². The normalized spacial score (nSPS) is 10.4. The number of hydrogen-bond donors (Lipinski definition) is 0. The van der Waals surface area contributed by atoms with E-state index in [1.165, 1.54) is 6.07 Å². The summed E-state index contributed by atoms with van der Waals surface area (Å²) in [5, 5.41) is 11.3. The third-order valence-corrected chi connectivity index (χ3v) is 3.41. The third kappa shape index (κ3) is 3.73. The van der Waals surface area contributed by atoms with Crippen molar-refractivity contribution in [2.24, 2.45) is 0 Å². The van der Waals surface area contributed by atoms with E-state index in [-0.39, 0.29) is 10.7 Å². The highest BCUT2D eigenvalue weighted by Crippen LogP contribution is 2.36. The zero-order valence-corrected chi connectivity index (χ0v) is 12.5. The van der Waals surface area contributed by atoms with Gasteiger partial charge in [0.25, 0.3) is 5.69 Å². The molecule has 0 saturated heterocycles. The van der Waals surface area contributed by atoms with Gasteiger partial charge in [0.1, 0.15) is 10.8 Å². The van der Waals surface area contributed by atoms with Crippen molar-refractivity contribution in [3.05, 3.63) is 57.6 Å². The van der Waals surface area contributed by atoms with E-state index in [9.17, 15) is 10.1 Å². The topological polar surface area (TPSA) is 52.4 Å². The molecule has 0 radical (unpaired) electrons. The van der Waals surface area contributed by atoms with E-state index in [0.29, 0.717) is 12.2 Å². The maximum Gasteiger partial charge on any atom is 0.295 e. The van der Waals surface area contributed by atoms with Crippen LogP contribution in [0.25, 0.3) is 11.1 Å². The minimum absolute atomic E-state index is 0.0705. The first-order valence-electron chi connectivity index (χ1n) is 6.79. The van der Waals surface area contributed by atoms with E-state index >= 15 is 0 Å². The van der Waals surface area contributed by atoms with Crippen LogP contribution in [0.1, 0.15) is 19.8 Å². The van der Waals surface area contributed by atoms with Crippen LogP contribution in [0.2, 0.25) is 5.02 Å². The van der Waals surface area contributed by atoms with Gasteiger partial charge in [0, 0.05) is 0 Å². The van der Waals surface area contributed by atoms with E-state index in [1.54, 1.807) is 24.3 Å². The van der Waals surface area contributed by atoms with Crippen LogP contribution < -0.4 is 4.74 Å². The smallest absolute Gasteiger partial charge is 0.295 e. The van der Waals surface area contributed by atoms with Gasteiger partial charge in [-0.25, -0.2) is 0 Å². The highest BCUT2D eigenvalue weighted by atomic mass is 35.5. The van der Waals surface area contributed by atoms with Crippen LogP contribution >= 0.6 is 11.6 Å². The number of rotatable bonds is 6. The first kappa shape index (κ1) is 15.3. The van der Waals surface area contributed by atoms with Crippen molar-refractivity contribution in [1.82, 2.24) is 0 Å². The molecule has 110 valence electrons. The molecule has 0 fully saturated rings.